The smallest absolute Gasteiger partial charge is 0.210 e. The van der Waals surface area contributed by atoms with Crippen LogP contribution >= 0.6 is 11.3 Å². The summed E-state index contributed by atoms with van der Waals surface area (Å²) in [6, 6.07) is 12.0. The molecule has 0 fully saturated rings. The van der Waals surface area contributed by atoms with E-state index in [1.165, 1.54) is 35.6 Å². The fourth-order valence-electron chi connectivity index (χ4n) is 1.64. The molecule has 6 heteroatoms. The van der Waals surface area contributed by atoms with Crippen LogP contribution in [-0.2, 0) is 0 Å². The first-order chi connectivity index (χ1) is 9.70. The Morgan fingerprint density at radius 2 is 1.40 bits per heavy atom. The second-order valence-corrected chi connectivity index (χ2v) is 5.03. The first kappa shape index (κ1) is 12.7. The highest BCUT2D eigenvalue weighted by molar-refractivity contribution is 7.18. The van der Waals surface area contributed by atoms with E-state index in [9.17, 15) is 8.78 Å². The van der Waals surface area contributed by atoms with E-state index in [2.05, 4.69) is 15.5 Å². The van der Waals surface area contributed by atoms with Crippen LogP contribution in [-0.4, -0.2) is 10.2 Å². The number of halogens is 2. The largest absolute Gasteiger partial charge is 0.330 e. The van der Waals surface area contributed by atoms with Crippen molar-refractivity contribution in [3.8, 4) is 10.6 Å². The van der Waals surface area contributed by atoms with Crippen LogP contribution < -0.4 is 5.32 Å². The zero-order chi connectivity index (χ0) is 13.9. The van der Waals surface area contributed by atoms with E-state index < -0.39 is 0 Å². The van der Waals surface area contributed by atoms with Crippen molar-refractivity contribution < 1.29 is 8.78 Å². The molecule has 1 aromatic heterocycles. The third-order valence-electron chi connectivity index (χ3n) is 2.61. The highest BCUT2D eigenvalue weighted by Gasteiger charge is 2.07. The highest BCUT2D eigenvalue weighted by atomic mass is 32.1. The van der Waals surface area contributed by atoms with Crippen LogP contribution in [0.2, 0.25) is 0 Å². The van der Waals surface area contributed by atoms with Crippen LogP contribution in [0.3, 0.4) is 0 Å². The summed E-state index contributed by atoms with van der Waals surface area (Å²) < 4.78 is 25.7. The molecule has 0 aliphatic carbocycles. The number of nitrogens with one attached hydrogen (secondary N) is 1. The lowest BCUT2D eigenvalue weighted by Gasteiger charge is -2.00. The summed E-state index contributed by atoms with van der Waals surface area (Å²) in [6.45, 7) is 0. The van der Waals surface area contributed by atoms with Gasteiger partial charge in [0.05, 0.1) is 0 Å². The number of nitrogens with zero attached hydrogens (tertiary/aromatic N) is 2. The van der Waals surface area contributed by atoms with Gasteiger partial charge in [0.1, 0.15) is 16.6 Å². The van der Waals surface area contributed by atoms with Crippen LogP contribution in [0, 0.1) is 11.6 Å². The summed E-state index contributed by atoms with van der Waals surface area (Å²) in [4.78, 5) is 0. The fraction of sp³-hybridized carbons (Fsp3) is 0. The van der Waals surface area contributed by atoms with Gasteiger partial charge in [-0.1, -0.05) is 11.3 Å². The van der Waals surface area contributed by atoms with Crippen LogP contribution in [0.1, 0.15) is 0 Å². The molecule has 0 aliphatic rings. The first-order valence-corrected chi connectivity index (χ1v) is 6.64. The van der Waals surface area contributed by atoms with E-state index in [1.807, 2.05) is 0 Å². The van der Waals surface area contributed by atoms with Gasteiger partial charge in [0.25, 0.3) is 0 Å². The third kappa shape index (κ3) is 2.80. The van der Waals surface area contributed by atoms with Crippen LogP contribution in [0.15, 0.2) is 48.5 Å². The topological polar surface area (TPSA) is 37.8 Å². The summed E-state index contributed by atoms with van der Waals surface area (Å²) in [7, 11) is 0. The lowest BCUT2D eigenvalue weighted by atomic mass is 10.2. The van der Waals surface area contributed by atoms with Crippen molar-refractivity contribution in [3.63, 3.8) is 0 Å². The Morgan fingerprint density at radius 3 is 2.05 bits per heavy atom. The van der Waals surface area contributed by atoms with Crippen molar-refractivity contribution in [2.45, 2.75) is 0 Å². The molecule has 0 saturated heterocycles. The van der Waals surface area contributed by atoms with Crippen molar-refractivity contribution >= 4 is 22.2 Å². The van der Waals surface area contributed by atoms with E-state index in [0.29, 0.717) is 10.1 Å². The molecule has 1 N–H and O–H groups in total. The lowest BCUT2D eigenvalue weighted by Crippen LogP contribution is -1.89. The van der Waals surface area contributed by atoms with Crippen molar-refractivity contribution in [1.29, 1.82) is 0 Å². The number of benzene rings is 2. The Hall–Kier alpha value is -2.34. The number of rotatable bonds is 3. The average molecular weight is 289 g/mol. The van der Waals surface area contributed by atoms with Crippen LogP contribution in [0.4, 0.5) is 19.6 Å². The van der Waals surface area contributed by atoms with Gasteiger partial charge in [0.2, 0.25) is 5.13 Å². The van der Waals surface area contributed by atoms with E-state index in [1.54, 1.807) is 24.3 Å². The fourth-order valence-corrected chi connectivity index (χ4v) is 2.41. The summed E-state index contributed by atoms with van der Waals surface area (Å²) in [5.74, 6) is -0.581. The Morgan fingerprint density at radius 1 is 0.800 bits per heavy atom. The Labute approximate surface area is 117 Å². The van der Waals surface area contributed by atoms with Gasteiger partial charge in [0, 0.05) is 11.3 Å². The molecule has 0 amide bonds. The van der Waals surface area contributed by atoms with E-state index in [4.69, 9.17) is 0 Å². The molecule has 100 valence electrons. The molecule has 2 aromatic carbocycles. The van der Waals surface area contributed by atoms with Crippen LogP contribution in [0.25, 0.3) is 10.6 Å². The Bertz CT molecular complexity index is 708. The molecule has 0 radical (unpaired) electrons. The van der Waals surface area contributed by atoms with Crippen molar-refractivity contribution in [1.82, 2.24) is 10.2 Å². The Balaban J connectivity index is 1.80. The maximum atomic E-state index is 12.9. The SMILES string of the molecule is Fc1ccc(Nc2nnc(-c3ccc(F)cc3)s2)cc1. The summed E-state index contributed by atoms with van der Waals surface area (Å²) in [6.07, 6.45) is 0. The van der Waals surface area contributed by atoms with Gasteiger partial charge < -0.3 is 5.32 Å². The number of hydrogen-bond acceptors (Lipinski definition) is 4. The van der Waals surface area contributed by atoms with Gasteiger partial charge in [-0.25, -0.2) is 8.78 Å². The van der Waals surface area contributed by atoms with Crippen molar-refractivity contribution in [3.05, 3.63) is 60.2 Å². The Kier molecular flexibility index (Phi) is 3.39. The molecule has 0 atom stereocenters. The molecule has 0 saturated carbocycles. The van der Waals surface area contributed by atoms with Gasteiger partial charge in [-0.05, 0) is 48.5 Å². The molecule has 1 heterocycles. The highest BCUT2D eigenvalue weighted by Crippen LogP contribution is 2.28. The predicted molar refractivity (Wildman–Crippen MR) is 75.0 cm³/mol. The summed E-state index contributed by atoms with van der Waals surface area (Å²) in [5, 5.41) is 12.4. The van der Waals surface area contributed by atoms with E-state index in [-0.39, 0.29) is 11.6 Å². The molecule has 0 unspecified atom stereocenters. The molecular formula is C14H9F2N3S. The van der Waals surface area contributed by atoms with Crippen LogP contribution in [0.5, 0.6) is 0 Å². The minimum Gasteiger partial charge on any atom is -0.330 e. The maximum absolute atomic E-state index is 12.9. The van der Waals surface area contributed by atoms with Crippen molar-refractivity contribution in [2.24, 2.45) is 0 Å². The van der Waals surface area contributed by atoms with Gasteiger partial charge in [0.15, 0.2) is 0 Å². The number of hydrogen-bond donors (Lipinski definition) is 1. The first-order valence-electron chi connectivity index (χ1n) is 5.83. The number of aromatic nitrogens is 2. The lowest BCUT2D eigenvalue weighted by molar-refractivity contribution is 0.627. The average Bonchev–Trinajstić information content (AvgIpc) is 2.91. The zero-order valence-electron chi connectivity index (χ0n) is 10.2. The molecule has 0 bridgehead atoms. The van der Waals surface area contributed by atoms with Gasteiger partial charge >= 0.3 is 0 Å². The second kappa shape index (κ2) is 5.34. The standard InChI is InChI=1S/C14H9F2N3S/c15-10-3-1-9(2-4-10)13-18-19-14(20-13)17-12-7-5-11(16)6-8-12/h1-8H,(H,17,19). The quantitative estimate of drug-likeness (QED) is 0.784. The van der Waals surface area contributed by atoms with E-state index >= 15 is 0 Å². The molecular weight excluding hydrogens is 280 g/mol. The predicted octanol–water partition coefficient (Wildman–Crippen LogP) is 4.23. The maximum Gasteiger partial charge on any atom is 0.210 e. The van der Waals surface area contributed by atoms with Gasteiger partial charge in [-0.3, -0.25) is 0 Å². The normalized spacial score (nSPS) is 10.5. The molecule has 0 spiro atoms. The monoisotopic (exact) mass is 289 g/mol. The van der Waals surface area contributed by atoms with Gasteiger partial charge in [-0.2, -0.15) is 0 Å². The summed E-state index contributed by atoms with van der Waals surface area (Å²) in [5.41, 5.74) is 1.53. The third-order valence-corrected chi connectivity index (χ3v) is 3.50. The van der Waals surface area contributed by atoms with E-state index in [0.717, 1.165) is 11.3 Å². The molecule has 3 aromatic rings. The minimum absolute atomic E-state index is 0.289. The zero-order valence-corrected chi connectivity index (χ0v) is 11.0. The molecule has 20 heavy (non-hydrogen) atoms. The summed E-state index contributed by atoms with van der Waals surface area (Å²) >= 11 is 1.34. The molecule has 0 aliphatic heterocycles. The van der Waals surface area contributed by atoms with Gasteiger partial charge in [-0.15, -0.1) is 10.2 Å². The molecule has 3 rings (SSSR count). The minimum atomic E-state index is -0.292. The van der Waals surface area contributed by atoms with Crippen molar-refractivity contribution in [2.75, 3.05) is 5.32 Å². The second-order valence-electron chi connectivity index (χ2n) is 4.05. The molecule has 3 nitrogen and oxygen atoms in total. The number of anilines is 2.